The predicted molar refractivity (Wildman–Crippen MR) is 61.9 cm³/mol. The van der Waals surface area contributed by atoms with Crippen LogP contribution in [0, 0.1) is 24.2 Å². The van der Waals surface area contributed by atoms with E-state index in [0.717, 1.165) is 24.9 Å². The van der Waals surface area contributed by atoms with E-state index in [9.17, 15) is 4.79 Å². The van der Waals surface area contributed by atoms with Gasteiger partial charge < -0.3 is 4.90 Å². The summed E-state index contributed by atoms with van der Waals surface area (Å²) in [7, 11) is 0. The largest absolute Gasteiger partial charge is 0.338 e. The number of hydrogen-bond donors (Lipinski definition) is 0. The van der Waals surface area contributed by atoms with Gasteiger partial charge in [-0.05, 0) is 30.4 Å². The molecule has 1 aromatic rings. The summed E-state index contributed by atoms with van der Waals surface area (Å²) < 4.78 is 0. The Morgan fingerprint density at radius 1 is 1.31 bits per heavy atom. The standard InChI is InChI=1S/C14H13NO/c1-2-10-5-3-4-6-13(10)14(16)15-8-11-7-12(11)9-15/h1,3-6,11-12H,7-9H2/t11-,12+. The van der Waals surface area contributed by atoms with Crippen molar-refractivity contribution in [3.8, 4) is 12.3 Å². The minimum atomic E-state index is 0.0979. The number of carbonyl (C=O) groups excluding carboxylic acids is 1. The normalized spacial score (nSPS) is 26.1. The minimum absolute atomic E-state index is 0.0979. The molecule has 0 N–H and O–H groups in total. The van der Waals surface area contributed by atoms with Crippen LogP contribution in [0.5, 0.6) is 0 Å². The highest BCUT2D eigenvalue weighted by atomic mass is 16.2. The maximum atomic E-state index is 12.2. The average molecular weight is 211 g/mol. The molecule has 0 unspecified atom stereocenters. The van der Waals surface area contributed by atoms with Crippen LogP contribution < -0.4 is 0 Å². The highest BCUT2D eigenvalue weighted by Crippen LogP contribution is 2.45. The third-order valence-corrected chi connectivity index (χ3v) is 3.58. The van der Waals surface area contributed by atoms with E-state index in [1.165, 1.54) is 6.42 Å². The first-order valence-electron chi connectivity index (χ1n) is 5.64. The summed E-state index contributed by atoms with van der Waals surface area (Å²) in [5.41, 5.74) is 1.37. The summed E-state index contributed by atoms with van der Waals surface area (Å²) in [6.45, 7) is 1.84. The van der Waals surface area contributed by atoms with Crippen LogP contribution >= 0.6 is 0 Å². The summed E-state index contributed by atoms with van der Waals surface area (Å²) in [6.07, 6.45) is 6.71. The van der Waals surface area contributed by atoms with E-state index in [1.54, 1.807) is 0 Å². The Kier molecular flexibility index (Phi) is 2.00. The molecule has 0 radical (unpaired) electrons. The molecule has 2 nitrogen and oxygen atoms in total. The van der Waals surface area contributed by atoms with Gasteiger partial charge in [0.15, 0.2) is 0 Å². The van der Waals surface area contributed by atoms with Gasteiger partial charge in [-0.1, -0.05) is 18.1 Å². The van der Waals surface area contributed by atoms with Crippen LogP contribution in [0.1, 0.15) is 22.3 Å². The molecule has 1 saturated carbocycles. The Hall–Kier alpha value is -1.75. The average Bonchev–Trinajstić information content (AvgIpc) is 2.95. The zero-order valence-corrected chi connectivity index (χ0v) is 9.02. The van der Waals surface area contributed by atoms with Gasteiger partial charge in [0.2, 0.25) is 0 Å². The lowest BCUT2D eigenvalue weighted by atomic mass is 10.1. The number of rotatable bonds is 1. The number of carbonyl (C=O) groups is 1. The topological polar surface area (TPSA) is 20.3 Å². The molecule has 1 amide bonds. The van der Waals surface area contributed by atoms with Crippen molar-refractivity contribution in [2.24, 2.45) is 11.8 Å². The van der Waals surface area contributed by atoms with E-state index in [0.29, 0.717) is 11.1 Å². The lowest BCUT2D eigenvalue weighted by Crippen LogP contribution is -2.30. The van der Waals surface area contributed by atoms with Crippen LogP contribution in [0.3, 0.4) is 0 Å². The number of fused-ring (bicyclic) bond motifs is 1. The van der Waals surface area contributed by atoms with Crippen molar-refractivity contribution >= 4 is 5.91 Å². The summed E-state index contributed by atoms with van der Waals surface area (Å²) in [6, 6.07) is 7.38. The molecule has 1 aliphatic carbocycles. The summed E-state index contributed by atoms with van der Waals surface area (Å²) in [5, 5.41) is 0. The maximum absolute atomic E-state index is 12.2. The van der Waals surface area contributed by atoms with Crippen molar-refractivity contribution in [2.75, 3.05) is 13.1 Å². The zero-order chi connectivity index (χ0) is 11.1. The Morgan fingerprint density at radius 3 is 2.69 bits per heavy atom. The molecule has 16 heavy (non-hydrogen) atoms. The molecule has 2 heteroatoms. The Morgan fingerprint density at radius 2 is 2.00 bits per heavy atom. The van der Waals surface area contributed by atoms with Crippen LogP contribution in [0.15, 0.2) is 24.3 Å². The van der Waals surface area contributed by atoms with Gasteiger partial charge in [-0.15, -0.1) is 6.42 Å². The van der Waals surface area contributed by atoms with Crippen molar-refractivity contribution < 1.29 is 4.79 Å². The van der Waals surface area contributed by atoms with Crippen LogP contribution in [0.25, 0.3) is 0 Å². The van der Waals surface area contributed by atoms with E-state index in [-0.39, 0.29) is 5.91 Å². The number of likely N-dealkylation sites (tertiary alicyclic amines) is 1. The molecule has 1 aromatic carbocycles. The number of nitrogens with zero attached hydrogens (tertiary/aromatic N) is 1. The second-order valence-electron chi connectivity index (χ2n) is 4.66. The quantitative estimate of drug-likeness (QED) is 0.648. The van der Waals surface area contributed by atoms with Crippen molar-refractivity contribution in [3.05, 3.63) is 35.4 Å². The first-order valence-corrected chi connectivity index (χ1v) is 5.64. The second-order valence-corrected chi connectivity index (χ2v) is 4.66. The van der Waals surface area contributed by atoms with Crippen LogP contribution in [-0.4, -0.2) is 23.9 Å². The first kappa shape index (κ1) is 9.47. The highest BCUT2D eigenvalue weighted by Gasteiger charge is 2.46. The highest BCUT2D eigenvalue weighted by molar-refractivity contribution is 5.97. The maximum Gasteiger partial charge on any atom is 0.255 e. The number of piperidine rings is 1. The fourth-order valence-electron chi connectivity index (χ4n) is 2.53. The van der Waals surface area contributed by atoms with Gasteiger partial charge in [0.1, 0.15) is 0 Å². The number of terminal acetylenes is 1. The van der Waals surface area contributed by atoms with Crippen LogP contribution in [0.4, 0.5) is 0 Å². The molecular weight excluding hydrogens is 198 g/mol. The Balaban J connectivity index is 1.86. The van der Waals surface area contributed by atoms with E-state index in [4.69, 9.17) is 6.42 Å². The summed E-state index contributed by atoms with van der Waals surface area (Å²) in [5.74, 6) is 4.20. The number of hydrogen-bond acceptors (Lipinski definition) is 1. The molecule has 80 valence electrons. The van der Waals surface area contributed by atoms with Gasteiger partial charge in [0.05, 0.1) is 5.56 Å². The van der Waals surface area contributed by atoms with E-state index < -0.39 is 0 Å². The molecule has 1 heterocycles. The minimum Gasteiger partial charge on any atom is -0.338 e. The Labute approximate surface area is 95.3 Å². The number of amides is 1. The second kappa shape index (κ2) is 3.38. The Bertz CT molecular complexity index is 476. The van der Waals surface area contributed by atoms with Crippen molar-refractivity contribution in [2.45, 2.75) is 6.42 Å². The van der Waals surface area contributed by atoms with Gasteiger partial charge in [0.25, 0.3) is 5.91 Å². The molecule has 2 atom stereocenters. The third-order valence-electron chi connectivity index (χ3n) is 3.58. The fraction of sp³-hybridized carbons (Fsp3) is 0.357. The molecule has 1 saturated heterocycles. The van der Waals surface area contributed by atoms with Gasteiger partial charge in [-0.2, -0.15) is 0 Å². The fourth-order valence-corrected chi connectivity index (χ4v) is 2.53. The molecule has 0 bridgehead atoms. The third kappa shape index (κ3) is 1.40. The summed E-state index contributed by atoms with van der Waals surface area (Å²) in [4.78, 5) is 14.2. The van der Waals surface area contributed by atoms with Crippen molar-refractivity contribution in [1.29, 1.82) is 0 Å². The van der Waals surface area contributed by atoms with E-state index in [1.807, 2.05) is 29.2 Å². The van der Waals surface area contributed by atoms with Crippen LogP contribution in [0.2, 0.25) is 0 Å². The van der Waals surface area contributed by atoms with Gasteiger partial charge in [0, 0.05) is 18.7 Å². The molecule has 1 aliphatic heterocycles. The summed E-state index contributed by atoms with van der Waals surface area (Å²) >= 11 is 0. The molecule has 2 aliphatic rings. The monoisotopic (exact) mass is 211 g/mol. The van der Waals surface area contributed by atoms with E-state index in [2.05, 4.69) is 5.92 Å². The van der Waals surface area contributed by atoms with E-state index >= 15 is 0 Å². The van der Waals surface area contributed by atoms with Gasteiger partial charge in [-0.25, -0.2) is 0 Å². The predicted octanol–water partition coefficient (Wildman–Crippen LogP) is 1.76. The first-order chi connectivity index (χ1) is 7.79. The SMILES string of the molecule is C#Cc1ccccc1C(=O)N1C[C@H]2C[C@H]2C1. The molecular formula is C14H13NO. The molecule has 0 spiro atoms. The van der Waals surface area contributed by atoms with Crippen molar-refractivity contribution in [1.82, 2.24) is 4.90 Å². The molecule has 2 fully saturated rings. The van der Waals surface area contributed by atoms with Gasteiger partial charge in [-0.3, -0.25) is 4.79 Å². The smallest absolute Gasteiger partial charge is 0.255 e. The van der Waals surface area contributed by atoms with Gasteiger partial charge >= 0.3 is 0 Å². The molecule has 0 aromatic heterocycles. The lowest BCUT2D eigenvalue weighted by Gasteiger charge is -2.18. The lowest BCUT2D eigenvalue weighted by molar-refractivity contribution is 0.0775. The zero-order valence-electron chi connectivity index (χ0n) is 9.02. The van der Waals surface area contributed by atoms with Crippen molar-refractivity contribution in [3.63, 3.8) is 0 Å². The molecule has 3 rings (SSSR count). The number of benzene rings is 1. The van der Waals surface area contributed by atoms with Crippen LogP contribution in [-0.2, 0) is 0 Å².